The first-order chi connectivity index (χ1) is 25.9. The topological polar surface area (TPSA) is 197 Å². The van der Waals surface area contributed by atoms with E-state index in [1.165, 1.54) is 12.1 Å². The van der Waals surface area contributed by atoms with E-state index in [1.807, 2.05) is 13.8 Å². The summed E-state index contributed by atoms with van der Waals surface area (Å²) in [5.41, 5.74) is 0.393. The van der Waals surface area contributed by atoms with E-state index in [9.17, 15) is 37.5 Å². The maximum atomic E-state index is 14.7. The monoisotopic (exact) mass is 741 g/mol. The molecule has 0 aliphatic carbocycles. The van der Waals surface area contributed by atoms with Crippen LogP contribution in [0.2, 0.25) is 0 Å². The van der Waals surface area contributed by atoms with Crippen molar-refractivity contribution in [1.82, 2.24) is 30.0 Å². The first kappa shape index (κ1) is 37.4. The Labute approximate surface area is 307 Å². The molecule has 17 heteroatoms. The van der Waals surface area contributed by atoms with Gasteiger partial charge in [-0.3, -0.25) is 39.0 Å². The van der Waals surface area contributed by atoms with Gasteiger partial charge in [-0.05, 0) is 63.4 Å². The summed E-state index contributed by atoms with van der Waals surface area (Å²) >= 11 is 0. The van der Waals surface area contributed by atoms with Crippen LogP contribution in [-0.4, -0.2) is 72.7 Å². The van der Waals surface area contributed by atoms with Crippen molar-refractivity contribution < 1.29 is 37.5 Å². The zero-order valence-corrected chi connectivity index (χ0v) is 29.4. The second-order valence-electron chi connectivity index (χ2n) is 13.1. The normalized spacial score (nSPS) is 15.4. The first-order valence-electron chi connectivity index (χ1n) is 17.5. The summed E-state index contributed by atoms with van der Waals surface area (Å²) in [7, 11) is 0. The average molecular weight is 742 g/mol. The summed E-state index contributed by atoms with van der Waals surface area (Å²) in [5.74, 6) is -5.30. The fourth-order valence-electron chi connectivity index (χ4n) is 6.30. The third kappa shape index (κ3) is 7.99. The molecule has 6 rings (SSSR count). The van der Waals surface area contributed by atoms with E-state index in [0.29, 0.717) is 55.5 Å². The highest BCUT2D eigenvalue weighted by Crippen LogP contribution is 2.32. The van der Waals surface area contributed by atoms with Crippen LogP contribution in [0.3, 0.4) is 0 Å². The molecule has 15 nitrogen and oxygen atoms in total. The molecule has 4 N–H and O–H groups in total. The van der Waals surface area contributed by atoms with Crippen LogP contribution in [0.4, 0.5) is 26.0 Å². The maximum Gasteiger partial charge on any atom is 0.264 e. The predicted molar refractivity (Wildman–Crippen MR) is 191 cm³/mol. The van der Waals surface area contributed by atoms with Gasteiger partial charge in [-0.25, -0.2) is 13.8 Å². The van der Waals surface area contributed by atoms with Crippen LogP contribution in [0.1, 0.15) is 95.9 Å². The number of unbranched alkanes of at least 4 members (excludes halogenated alkanes) is 3. The molecule has 0 bridgehead atoms. The molecule has 54 heavy (non-hydrogen) atoms. The lowest BCUT2D eigenvalue weighted by Gasteiger charge is -2.27. The van der Waals surface area contributed by atoms with E-state index in [-0.39, 0.29) is 47.9 Å². The largest absolute Gasteiger partial charge is 0.384 e. The number of amides is 6. The Kier molecular flexibility index (Phi) is 11.1. The number of anilines is 3. The molecule has 2 aliphatic heterocycles. The Morgan fingerprint density at radius 2 is 1.70 bits per heavy atom. The van der Waals surface area contributed by atoms with Crippen molar-refractivity contribution in [2.24, 2.45) is 0 Å². The van der Waals surface area contributed by atoms with Crippen LogP contribution in [0.5, 0.6) is 0 Å². The fourth-order valence-corrected chi connectivity index (χ4v) is 6.30. The maximum absolute atomic E-state index is 14.7. The van der Waals surface area contributed by atoms with Gasteiger partial charge in [-0.15, -0.1) is 10.2 Å². The Hall–Kier alpha value is -6.39. The van der Waals surface area contributed by atoms with Gasteiger partial charge in [0.1, 0.15) is 35.5 Å². The molecule has 1 fully saturated rings. The molecule has 0 radical (unpaired) electrons. The van der Waals surface area contributed by atoms with E-state index in [0.717, 1.165) is 11.0 Å². The molecule has 0 saturated carbocycles. The number of benzene rings is 2. The van der Waals surface area contributed by atoms with Gasteiger partial charge in [-0.2, -0.15) is 0 Å². The van der Waals surface area contributed by atoms with Crippen molar-refractivity contribution >= 4 is 52.6 Å². The zero-order chi connectivity index (χ0) is 38.5. The summed E-state index contributed by atoms with van der Waals surface area (Å²) < 4.78 is 31.2. The van der Waals surface area contributed by atoms with Gasteiger partial charge in [-0.1, -0.05) is 25.0 Å². The van der Waals surface area contributed by atoms with Crippen LogP contribution >= 0.6 is 0 Å². The molecule has 4 aromatic rings. The molecule has 1 saturated heterocycles. The van der Waals surface area contributed by atoms with E-state index < -0.39 is 58.7 Å². The standard InChI is InChI=1S/C37H37F2N9O6/c1-20(2)47-19-41-46-33(47)26-11-8-12-29(42-26)44-34(51)22-17-27(24(39)18-23(22)38)43-30(49)13-5-3-4-6-16-40-25-10-7-9-21-32(25)37(54)48(36(21)53)28-14-15-31(50)45-35(28)52/h7-12,17-20,28,40H,3-6,13-16H2,1-2H3,(H,43,49)(H,42,44,51)(H,45,50,52). The Morgan fingerprint density at radius 1 is 0.926 bits per heavy atom. The number of aromatic nitrogens is 4. The minimum absolute atomic E-state index is 0.0279. The minimum Gasteiger partial charge on any atom is -0.384 e. The lowest BCUT2D eigenvalue weighted by atomic mass is 10.0. The van der Waals surface area contributed by atoms with Gasteiger partial charge in [0, 0.05) is 37.2 Å². The van der Waals surface area contributed by atoms with Crippen molar-refractivity contribution in [3.8, 4) is 11.5 Å². The number of carbonyl (C=O) groups excluding carboxylic acids is 6. The van der Waals surface area contributed by atoms with Gasteiger partial charge in [0.05, 0.1) is 22.4 Å². The van der Waals surface area contributed by atoms with Crippen LogP contribution in [0, 0.1) is 11.6 Å². The minimum atomic E-state index is -1.12. The molecular formula is C37H37F2N9O6. The smallest absolute Gasteiger partial charge is 0.264 e. The lowest BCUT2D eigenvalue weighted by Crippen LogP contribution is -2.54. The fraction of sp³-hybridized carbons (Fsp3) is 0.324. The highest BCUT2D eigenvalue weighted by molar-refractivity contribution is 6.25. The molecule has 6 amide bonds. The zero-order valence-electron chi connectivity index (χ0n) is 29.4. The SMILES string of the molecule is CC(C)n1cnnc1-c1cccc(NC(=O)c2cc(NC(=O)CCCCCCNc3cccc4c3C(=O)N(C3CCC(=O)NC3=O)C4=O)c(F)cc2F)n1. The van der Waals surface area contributed by atoms with Gasteiger partial charge in [0.25, 0.3) is 17.7 Å². The Morgan fingerprint density at radius 3 is 2.48 bits per heavy atom. The molecule has 4 heterocycles. The summed E-state index contributed by atoms with van der Waals surface area (Å²) in [5, 5.41) is 18.3. The van der Waals surface area contributed by atoms with Gasteiger partial charge >= 0.3 is 0 Å². The molecule has 2 aromatic carbocycles. The number of pyridine rings is 1. The summed E-state index contributed by atoms with van der Waals surface area (Å²) in [4.78, 5) is 81.2. The molecule has 0 spiro atoms. The van der Waals surface area contributed by atoms with Crippen LogP contribution < -0.4 is 21.3 Å². The molecule has 2 aromatic heterocycles. The highest BCUT2D eigenvalue weighted by Gasteiger charge is 2.45. The number of imide groups is 2. The molecular weight excluding hydrogens is 704 g/mol. The third-order valence-corrected chi connectivity index (χ3v) is 9.04. The van der Waals surface area contributed by atoms with E-state index in [1.54, 1.807) is 35.2 Å². The number of nitrogens with zero attached hydrogens (tertiary/aromatic N) is 5. The average Bonchev–Trinajstić information content (AvgIpc) is 3.73. The number of halogens is 2. The highest BCUT2D eigenvalue weighted by atomic mass is 19.1. The van der Waals surface area contributed by atoms with Gasteiger partial charge in [0.2, 0.25) is 17.7 Å². The number of hydrogen-bond acceptors (Lipinski definition) is 10. The van der Waals surface area contributed by atoms with E-state index >= 15 is 0 Å². The van der Waals surface area contributed by atoms with Crippen molar-refractivity contribution in [3.05, 3.63) is 83.2 Å². The predicted octanol–water partition coefficient (Wildman–Crippen LogP) is 4.85. The molecule has 1 unspecified atom stereocenters. The second-order valence-corrected chi connectivity index (χ2v) is 13.1. The van der Waals surface area contributed by atoms with Gasteiger partial charge < -0.3 is 20.5 Å². The second kappa shape index (κ2) is 16.1. The Bertz CT molecular complexity index is 2150. The number of rotatable bonds is 14. The molecule has 2 aliphatic rings. The number of nitrogens with one attached hydrogen (secondary N) is 4. The van der Waals surface area contributed by atoms with Crippen molar-refractivity contribution in [1.29, 1.82) is 0 Å². The van der Waals surface area contributed by atoms with Crippen LogP contribution in [-0.2, 0) is 14.4 Å². The summed E-state index contributed by atoms with van der Waals surface area (Å²) in [6.07, 6.45) is 4.15. The number of carbonyl (C=O) groups is 6. The number of fused-ring (bicyclic) bond motifs is 1. The lowest BCUT2D eigenvalue weighted by molar-refractivity contribution is -0.136. The first-order valence-corrected chi connectivity index (χ1v) is 17.5. The van der Waals surface area contributed by atoms with Gasteiger partial charge in [0.15, 0.2) is 5.82 Å². The quantitative estimate of drug-likeness (QED) is 0.102. The summed E-state index contributed by atoms with van der Waals surface area (Å²) in [6.45, 7) is 4.35. The van der Waals surface area contributed by atoms with Crippen molar-refractivity contribution in [2.45, 2.75) is 70.9 Å². The summed E-state index contributed by atoms with van der Waals surface area (Å²) in [6, 6.07) is 10.1. The van der Waals surface area contributed by atoms with E-state index in [2.05, 4.69) is 36.4 Å². The van der Waals surface area contributed by atoms with Crippen molar-refractivity contribution in [2.75, 3.05) is 22.5 Å². The van der Waals surface area contributed by atoms with E-state index in [4.69, 9.17) is 0 Å². The number of piperidine rings is 1. The van der Waals surface area contributed by atoms with Crippen LogP contribution in [0.25, 0.3) is 11.5 Å². The van der Waals surface area contributed by atoms with Crippen molar-refractivity contribution in [3.63, 3.8) is 0 Å². The van der Waals surface area contributed by atoms with Crippen LogP contribution in [0.15, 0.2) is 54.9 Å². The number of hydrogen-bond donors (Lipinski definition) is 4. The molecule has 1 atom stereocenters. The third-order valence-electron chi connectivity index (χ3n) is 9.04. The Balaban J connectivity index is 0.965. The molecule has 280 valence electrons.